The van der Waals surface area contributed by atoms with Crippen molar-refractivity contribution in [1.82, 2.24) is 9.88 Å². The number of aliphatic hydroxyl groups excluding tert-OH is 1. The van der Waals surface area contributed by atoms with Crippen molar-refractivity contribution in [3.63, 3.8) is 0 Å². The molecule has 1 atom stereocenters. The minimum atomic E-state index is -0.540. The lowest BCUT2D eigenvalue weighted by atomic mass is 10.2. The highest BCUT2D eigenvalue weighted by Gasteiger charge is 2.11. The van der Waals surface area contributed by atoms with E-state index in [9.17, 15) is 9.90 Å². The molecule has 0 radical (unpaired) electrons. The Balaban J connectivity index is 2.07. The zero-order valence-corrected chi connectivity index (χ0v) is 10.9. The van der Waals surface area contributed by atoms with Crippen molar-refractivity contribution in [2.75, 3.05) is 6.54 Å². The maximum absolute atomic E-state index is 12.0. The molecule has 0 aliphatic carbocycles. The lowest BCUT2D eigenvalue weighted by molar-refractivity contribution is 0.0915. The van der Waals surface area contributed by atoms with E-state index >= 15 is 0 Å². The van der Waals surface area contributed by atoms with E-state index in [0.29, 0.717) is 12.2 Å². The molecule has 2 aromatic rings. The average molecular weight is 258 g/mol. The smallest absolute Gasteiger partial charge is 0.268 e. The molecule has 1 unspecified atom stereocenters. The van der Waals surface area contributed by atoms with Crippen molar-refractivity contribution in [1.29, 1.82) is 0 Å². The van der Waals surface area contributed by atoms with Gasteiger partial charge in [-0.2, -0.15) is 0 Å². The first-order valence-electron chi connectivity index (χ1n) is 6.32. The normalized spacial score (nSPS) is 12.1. The molecule has 0 spiro atoms. The third-order valence-corrected chi connectivity index (χ3v) is 2.82. The van der Waals surface area contributed by atoms with Crippen LogP contribution in [-0.4, -0.2) is 28.2 Å². The van der Waals surface area contributed by atoms with E-state index in [0.717, 1.165) is 5.56 Å². The molecule has 0 fully saturated rings. The lowest BCUT2D eigenvalue weighted by Gasteiger charge is -2.11. The number of rotatable bonds is 5. The number of aromatic nitrogens is 1. The van der Waals surface area contributed by atoms with Crippen LogP contribution < -0.4 is 5.32 Å². The second-order valence-electron chi connectivity index (χ2n) is 4.57. The zero-order chi connectivity index (χ0) is 13.7. The van der Waals surface area contributed by atoms with E-state index < -0.39 is 6.10 Å². The molecule has 2 N–H and O–H groups in total. The van der Waals surface area contributed by atoms with E-state index in [1.807, 2.05) is 47.2 Å². The number of carbonyl (C=O) groups is 1. The van der Waals surface area contributed by atoms with Gasteiger partial charge in [0.2, 0.25) is 0 Å². The van der Waals surface area contributed by atoms with E-state index in [1.165, 1.54) is 0 Å². The third kappa shape index (κ3) is 3.69. The summed E-state index contributed by atoms with van der Waals surface area (Å²) in [7, 11) is 0. The van der Waals surface area contributed by atoms with Crippen LogP contribution in [0.4, 0.5) is 0 Å². The van der Waals surface area contributed by atoms with Gasteiger partial charge >= 0.3 is 0 Å². The standard InChI is InChI=1S/C15H18N2O2/c1-12(18)10-16-15(19)14-8-5-9-17(14)11-13-6-3-2-4-7-13/h2-9,12,18H,10-11H2,1H3,(H,16,19). The van der Waals surface area contributed by atoms with Crippen molar-refractivity contribution >= 4 is 5.91 Å². The highest BCUT2D eigenvalue weighted by atomic mass is 16.3. The summed E-state index contributed by atoms with van der Waals surface area (Å²) in [5.41, 5.74) is 1.74. The molecule has 19 heavy (non-hydrogen) atoms. The Morgan fingerprint density at radius 2 is 2.00 bits per heavy atom. The fourth-order valence-electron chi connectivity index (χ4n) is 1.87. The van der Waals surface area contributed by atoms with Crippen molar-refractivity contribution in [2.24, 2.45) is 0 Å². The monoisotopic (exact) mass is 258 g/mol. The first-order chi connectivity index (χ1) is 9.16. The van der Waals surface area contributed by atoms with Crippen LogP contribution in [0.5, 0.6) is 0 Å². The molecule has 1 heterocycles. The summed E-state index contributed by atoms with van der Waals surface area (Å²) in [6.07, 6.45) is 1.34. The Morgan fingerprint density at radius 1 is 1.26 bits per heavy atom. The van der Waals surface area contributed by atoms with Gasteiger partial charge in [-0.25, -0.2) is 0 Å². The molecular weight excluding hydrogens is 240 g/mol. The van der Waals surface area contributed by atoms with Gasteiger partial charge in [0.1, 0.15) is 5.69 Å². The fourth-order valence-corrected chi connectivity index (χ4v) is 1.87. The van der Waals surface area contributed by atoms with E-state index in [1.54, 1.807) is 13.0 Å². The Morgan fingerprint density at radius 3 is 2.68 bits per heavy atom. The van der Waals surface area contributed by atoms with Gasteiger partial charge in [-0.15, -0.1) is 0 Å². The van der Waals surface area contributed by atoms with Gasteiger partial charge in [0.25, 0.3) is 5.91 Å². The second kappa shape index (κ2) is 6.20. The molecule has 0 saturated carbocycles. The molecular formula is C15H18N2O2. The number of aliphatic hydroxyl groups is 1. The van der Waals surface area contributed by atoms with Crippen molar-refractivity contribution in [2.45, 2.75) is 19.6 Å². The summed E-state index contributed by atoms with van der Waals surface area (Å²) in [6, 6.07) is 13.6. The molecule has 1 aromatic carbocycles. The molecule has 2 rings (SSSR count). The number of amides is 1. The summed E-state index contributed by atoms with van der Waals surface area (Å²) in [5, 5.41) is 11.9. The SMILES string of the molecule is CC(O)CNC(=O)c1cccn1Cc1ccccc1. The number of nitrogens with zero attached hydrogens (tertiary/aromatic N) is 1. The first-order valence-corrected chi connectivity index (χ1v) is 6.32. The number of nitrogens with one attached hydrogen (secondary N) is 1. The lowest BCUT2D eigenvalue weighted by Crippen LogP contribution is -2.32. The van der Waals surface area contributed by atoms with Crippen LogP contribution in [-0.2, 0) is 6.54 Å². The highest BCUT2D eigenvalue weighted by Crippen LogP contribution is 2.07. The summed E-state index contributed by atoms with van der Waals surface area (Å²) >= 11 is 0. The van der Waals surface area contributed by atoms with Crippen LogP contribution in [0.3, 0.4) is 0 Å². The van der Waals surface area contributed by atoms with E-state index in [-0.39, 0.29) is 12.5 Å². The molecule has 0 aliphatic heterocycles. The first kappa shape index (κ1) is 13.4. The van der Waals surface area contributed by atoms with Crippen LogP contribution >= 0.6 is 0 Å². The van der Waals surface area contributed by atoms with Gasteiger partial charge in [0.05, 0.1) is 6.10 Å². The van der Waals surface area contributed by atoms with Crippen molar-refractivity contribution < 1.29 is 9.90 Å². The summed E-state index contributed by atoms with van der Waals surface area (Å²) in [5.74, 6) is -0.165. The molecule has 0 saturated heterocycles. The van der Waals surface area contributed by atoms with Crippen LogP contribution in [0.25, 0.3) is 0 Å². The van der Waals surface area contributed by atoms with E-state index in [4.69, 9.17) is 0 Å². The van der Waals surface area contributed by atoms with Gasteiger partial charge in [0, 0.05) is 19.3 Å². The largest absolute Gasteiger partial charge is 0.392 e. The summed E-state index contributed by atoms with van der Waals surface area (Å²) in [6.45, 7) is 2.56. The Kier molecular flexibility index (Phi) is 4.36. The van der Waals surface area contributed by atoms with Gasteiger partial charge in [-0.3, -0.25) is 4.79 Å². The number of benzene rings is 1. The molecule has 1 aromatic heterocycles. The van der Waals surface area contributed by atoms with Crippen LogP contribution in [0.1, 0.15) is 23.0 Å². The Bertz CT molecular complexity index is 532. The van der Waals surface area contributed by atoms with Crippen molar-refractivity contribution in [3.8, 4) is 0 Å². The van der Waals surface area contributed by atoms with E-state index in [2.05, 4.69) is 5.32 Å². The minimum Gasteiger partial charge on any atom is -0.392 e. The number of hydrogen-bond acceptors (Lipinski definition) is 2. The van der Waals surface area contributed by atoms with Gasteiger partial charge < -0.3 is 15.0 Å². The molecule has 0 aliphatic rings. The second-order valence-corrected chi connectivity index (χ2v) is 4.57. The summed E-state index contributed by atoms with van der Waals surface area (Å²) in [4.78, 5) is 12.0. The number of carbonyl (C=O) groups excluding carboxylic acids is 1. The maximum Gasteiger partial charge on any atom is 0.268 e. The highest BCUT2D eigenvalue weighted by molar-refractivity contribution is 5.92. The molecule has 0 bridgehead atoms. The molecule has 1 amide bonds. The summed E-state index contributed by atoms with van der Waals surface area (Å²) < 4.78 is 1.90. The van der Waals surface area contributed by atoms with Gasteiger partial charge in [0.15, 0.2) is 0 Å². The van der Waals surface area contributed by atoms with Crippen LogP contribution in [0, 0.1) is 0 Å². The fraction of sp³-hybridized carbons (Fsp3) is 0.267. The topological polar surface area (TPSA) is 54.3 Å². The maximum atomic E-state index is 12.0. The Labute approximate surface area is 112 Å². The molecule has 4 nitrogen and oxygen atoms in total. The van der Waals surface area contributed by atoms with Crippen molar-refractivity contribution in [3.05, 3.63) is 59.9 Å². The predicted molar refractivity (Wildman–Crippen MR) is 74.0 cm³/mol. The molecule has 4 heteroatoms. The van der Waals surface area contributed by atoms with Crippen LogP contribution in [0.15, 0.2) is 48.7 Å². The van der Waals surface area contributed by atoms with Gasteiger partial charge in [-0.05, 0) is 24.6 Å². The molecule has 100 valence electrons. The zero-order valence-electron chi connectivity index (χ0n) is 10.9. The Hall–Kier alpha value is -2.07. The number of hydrogen-bond donors (Lipinski definition) is 2. The predicted octanol–water partition coefficient (Wildman–Crippen LogP) is 1.65. The van der Waals surface area contributed by atoms with Gasteiger partial charge in [-0.1, -0.05) is 30.3 Å². The quantitative estimate of drug-likeness (QED) is 0.856. The minimum absolute atomic E-state index is 0.165. The average Bonchev–Trinajstić information content (AvgIpc) is 2.85. The van der Waals surface area contributed by atoms with Crippen LogP contribution in [0.2, 0.25) is 0 Å². The third-order valence-electron chi connectivity index (χ3n) is 2.82.